The topological polar surface area (TPSA) is 74.8 Å². The minimum atomic E-state index is -0.358. The van der Waals surface area contributed by atoms with Gasteiger partial charge in [-0.05, 0) is 35.9 Å². The molecule has 2 aromatic heterocycles. The molecule has 2 N–H and O–H groups in total. The molecule has 0 spiro atoms. The minimum absolute atomic E-state index is 0.115. The number of thiophene rings is 1. The van der Waals surface area contributed by atoms with Crippen molar-refractivity contribution in [3.8, 4) is 0 Å². The van der Waals surface area contributed by atoms with Gasteiger partial charge in [0.2, 0.25) is 0 Å². The molecule has 0 amide bonds. The number of allylic oxidation sites excluding steroid dienone is 2. The summed E-state index contributed by atoms with van der Waals surface area (Å²) in [6, 6.07) is 11.6. The number of fused-ring (bicyclic) bond motifs is 1. The quantitative estimate of drug-likeness (QED) is 0.410. The number of rotatable bonds is 4. The van der Waals surface area contributed by atoms with Gasteiger partial charge in [0, 0.05) is 33.3 Å². The fraction of sp³-hybridized carbons (Fsp3) is 0.227. The molecule has 0 saturated carbocycles. The summed E-state index contributed by atoms with van der Waals surface area (Å²) in [5, 5.41) is 6.50. The largest absolute Gasteiger partial charge is 0.343 e. The number of anilines is 1. The Morgan fingerprint density at radius 1 is 1.17 bits per heavy atom. The van der Waals surface area contributed by atoms with Crippen molar-refractivity contribution in [1.82, 2.24) is 9.97 Å². The summed E-state index contributed by atoms with van der Waals surface area (Å²) in [6.45, 7) is 0. The fourth-order valence-corrected chi connectivity index (χ4v) is 6.00. The molecule has 0 bridgehead atoms. The van der Waals surface area contributed by atoms with E-state index in [1.165, 1.54) is 11.8 Å². The van der Waals surface area contributed by atoms with Crippen LogP contribution in [-0.2, 0) is 10.5 Å². The molecule has 0 fully saturated rings. The number of hydrogen-bond acceptors (Lipinski definition) is 6. The second kappa shape index (κ2) is 8.06. The standard InChI is InChI=1S/C22H18ClN3O2S2/c23-13-6-2-1-5-12(13)11-30-22-25-20-19(21(28)26-22)18(16-9-4-10-29-16)17-14(24-20)7-3-8-15(17)27/h1-2,4-6,9-10,18H,3,7-8,11H2,(H2,24,25,26,28)/t18-/m0/s1. The zero-order valence-electron chi connectivity index (χ0n) is 15.9. The molecule has 1 aliphatic heterocycles. The van der Waals surface area contributed by atoms with Crippen molar-refractivity contribution in [2.45, 2.75) is 36.1 Å². The van der Waals surface area contributed by atoms with Crippen LogP contribution in [0.5, 0.6) is 0 Å². The third-order valence-electron chi connectivity index (χ3n) is 5.39. The summed E-state index contributed by atoms with van der Waals surface area (Å²) in [6.07, 6.45) is 2.13. The number of Topliss-reactive ketones (excluding diaryl/α,β-unsaturated/α-hetero) is 1. The number of benzene rings is 1. The maximum atomic E-state index is 13.1. The van der Waals surface area contributed by atoms with E-state index in [1.54, 1.807) is 11.3 Å². The molecule has 152 valence electrons. The second-order valence-corrected chi connectivity index (χ2v) is 9.61. The van der Waals surface area contributed by atoms with Crippen molar-refractivity contribution >= 4 is 46.3 Å². The number of carbonyl (C=O) groups is 1. The zero-order valence-corrected chi connectivity index (χ0v) is 18.3. The molecule has 1 atom stereocenters. The van der Waals surface area contributed by atoms with Crippen LogP contribution >= 0.6 is 34.7 Å². The van der Waals surface area contributed by atoms with Crippen LogP contribution in [0.4, 0.5) is 5.82 Å². The summed E-state index contributed by atoms with van der Waals surface area (Å²) < 4.78 is 0. The van der Waals surface area contributed by atoms with E-state index in [-0.39, 0.29) is 17.3 Å². The Morgan fingerprint density at radius 2 is 2.03 bits per heavy atom. The lowest BCUT2D eigenvalue weighted by molar-refractivity contribution is -0.116. The third kappa shape index (κ3) is 3.51. The van der Waals surface area contributed by atoms with Crippen LogP contribution in [0.2, 0.25) is 5.02 Å². The Balaban J connectivity index is 1.55. The molecule has 0 radical (unpaired) electrons. The SMILES string of the molecule is O=C1CCCC2=C1[C@H](c1cccs1)c1c(nc(SCc3ccccc3Cl)[nH]c1=O)N2. The number of aromatic amines is 1. The average Bonchev–Trinajstić information content (AvgIpc) is 3.26. The lowest BCUT2D eigenvalue weighted by Gasteiger charge is -2.32. The van der Waals surface area contributed by atoms with E-state index in [0.717, 1.165) is 34.6 Å². The molecule has 0 unspecified atom stereocenters. The Morgan fingerprint density at radius 3 is 2.83 bits per heavy atom. The normalized spacial score (nSPS) is 18.0. The molecule has 3 heterocycles. The number of carbonyl (C=O) groups excluding carboxylic acids is 1. The minimum Gasteiger partial charge on any atom is -0.343 e. The highest BCUT2D eigenvalue weighted by Crippen LogP contribution is 2.44. The van der Waals surface area contributed by atoms with Crippen LogP contribution in [0.25, 0.3) is 0 Å². The van der Waals surface area contributed by atoms with E-state index in [4.69, 9.17) is 16.6 Å². The first kappa shape index (κ1) is 19.6. The van der Waals surface area contributed by atoms with Crippen molar-refractivity contribution in [3.05, 3.63) is 84.4 Å². The van der Waals surface area contributed by atoms with Gasteiger partial charge in [0.05, 0.1) is 11.5 Å². The molecular weight excluding hydrogens is 438 g/mol. The first-order valence-electron chi connectivity index (χ1n) is 9.69. The number of hydrogen-bond donors (Lipinski definition) is 2. The Labute approximate surface area is 186 Å². The maximum Gasteiger partial charge on any atom is 0.257 e. The van der Waals surface area contributed by atoms with Crippen molar-refractivity contribution in [3.63, 3.8) is 0 Å². The van der Waals surface area contributed by atoms with E-state index in [0.29, 0.717) is 33.7 Å². The zero-order chi connectivity index (χ0) is 20.7. The van der Waals surface area contributed by atoms with E-state index in [1.807, 2.05) is 41.8 Å². The van der Waals surface area contributed by atoms with E-state index >= 15 is 0 Å². The van der Waals surface area contributed by atoms with Gasteiger partial charge in [-0.15, -0.1) is 11.3 Å². The molecule has 0 saturated heterocycles. The van der Waals surface area contributed by atoms with Gasteiger partial charge in [-0.25, -0.2) is 4.98 Å². The van der Waals surface area contributed by atoms with Gasteiger partial charge in [-0.2, -0.15) is 0 Å². The van der Waals surface area contributed by atoms with Crippen LogP contribution in [0.1, 0.15) is 41.2 Å². The van der Waals surface area contributed by atoms with Gasteiger partial charge in [-0.1, -0.05) is 47.6 Å². The molecule has 30 heavy (non-hydrogen) atoms. The molecule has 5 rings (SSSR count). The predicted molar refractivity (Wildman–Crippen MR) is 122 cm³/mol. The monoisotopic (exact) mass is 455 g/mol. The van der Waals surface area contributed by atoms with Gasteiger partial charge >= 0.3 is 0 Å². The molecule has 5 nitrogen and oxygen atoms in total. The van der Waals surface area contributed by atoms with Crippen LogP contribution < -0.4 is 10.9 Å². The van der Waals surface area contributed by atoms with Gasteiger partial charge in [0.15, 0.2) is 10.9 Å². The van der Waals surface area contributed by atoms with Crippen LogP contribution in [0.3, 0.4) is 0 Å². The number of aromatic nitrogens is 2. The van der Waals surface area contributed by atoms with Gasteiger partial charge in [-0.3, -0.25) is 9.59 Å². The Hall–Kier alpha value is -2.35. The summed E-state index contributed by atoms with van der Waals surface area (Å²) in [7, 11) is 0. The average molecular weight is 456 g/mol. The van der Waals surface area contributed by atoms with Crippen molar-refractivity contribution in [2.24, 2.45) is 0 Å². The third-order valence-corrected chi connectivity index (χ3v) is 7.61. The van der Waals surface area contributed by atoms with Crippen molar-refractivity contribution in [1.29, 1.82) is 0 Å². The molecular formula is C22H18ClN3O2S2. The van der Waals surface area contributed by atoms with Crippen LogP contribution in [0.15, 0.2) is 63.0 Å². The number of thioether (sulfide) groups is 1. The molecule has 8 heteroatoms. The first-order chi connectivity index (χ1) is 14.6. The van der Waals surface area contributed by atoms with Gasteiger partial charge in [0.25, 0.3) is 5.56 Å². The summed E-state index contributed by atoms with van der Waals surface area (Å²) >= 11 is 9.24. The molecule has 1 aromatic carbocycles. The van der Waals surface area contributed by atoms with Crippen molar-refractivity contribution in [2.75, 3.05) is 5.32 Å². The summed E-state index contributed by atoms with van der Waals surface area (Å²) in [4.78, 5) is 34.5. The van der Waals surface area contributed by atoms with E-state index < -0.39 is 0 Å². The van der Waals surface area contributed by atoms with Crippen LogP contribution in [0, 0.1) is 0 Å². The highest BCUT2D eigenvalue weighted by molar-refractivity contribution is 7.98. The highest BCUT2D eigenvalue weighted by Gasteiger charge is 2.38. The number of nitrogens with one attached hydrogen (secondary N) is 2. The van der Waals surface area contributed by atoms with Crippen molar-refractivity contribution < 1.29 is 4.79 Å². The van der Waals surface area contributed by atoms with Gasteiger partial charge < -0.3 is 10.3 Å². The first-order valence-corrected chi connectivity index (χ1v) is 11.9. The molecule has 3 aromatic rings. The lowest BCUT2D eigenvalue weighted by Crippen LogP contribution is -2.32. The fourth-order valence-electron chi connectivity index (χ4n) is 4.01. The number of H-pyrrole nitrogens is 1. The highest BCUT2D eigenvalue weighted by atomic mass is 35.5. The maximum absolute atomic E-state index is 13.1. The Bertz CT molecular complexity index is 1220. The van der Waals surface area contributed by atoms with E-state index in [2.05, 4.69) is 10.3 Å². The molecule has 1 aliphatic carbocycles. The number of halogens is 1. The lowest BCUT2D eigenvalue weighted by atomic mass is 9.79. The van der Waals surface area contributed by atoms with Gasteiger partial charge in [0.1, 0.15) is 5.82 Å². The molecule has 2 aliphatic rings. The number of nitrogens with zero attached hydrogens (tertiary/aromatic N) is 1. The van der Waals surface area contributed by atoms with Crippen LogP contribution in [-0.4, -0.2) is 15.8 Å². The smallest absolute Gasteiger partial charge is 0.257 e. The summed E-state index contributed by atoms with van der Waals surface area (Å²) in [5.41, 5.74) is 2.92. The van der Waals surface area contributed by atoms with E-state index in [9.17, 15) is 9.59 Å². The number of ketones is 1. The second-order valence-electron chi connectivity index (χ2n) is 7.26. The summed E-state index contributed by atoms with van der Waals surface area (Å²) in [5.74, 6) is 0.905. The Kier molecular flexibility index (Phi) is 5.26. The predicted octanol–water partition coefficient (Wildman–Crippen LogP) is 5.34.